The number of ether oxygens (including phenoxy) is 1. The molecule has 2 heteroatoms. The molecule has 0 amide bonds. The van der Waals surface area contributed by atoms with Crippen LogP contribution in [0.2, 0.25) is 0 Å². The van der Waals surface area contributed by atoms with E-state index in [4.69, 9.17) is 4.74 Å². The van der Waals surface area contributed by atoms with Gasteiger partial charge in [-0.15, -0.1) is 0 Å². The average Bonchev–Trinajstić information content (AvgIpc) is 2.74. The second-order valence-electron chi connectivity index (χ2n) is 10.5. The summed E-state index contributed by atoms with van der Waals surface area (Å²) >= 11 is 0. The molecule has 1 heterocycles. The van der Waals surface area contributed by atoms with Crippen molar-refractivity contribution in [2.45, 2.75) is 150 Å². The summed E-state index contributed by atoms with van der Waals surface area (Å²) in [6.45, 7) is 15.5. The van der Waals surface area contributed by atoms with Gasteiger partial charge in [-0.1, -0.05) is 98.3 Å². The average molecular weight is 424 g/mol. The van der Waals surface area contributed by atoms with Crippen LogP contribution >= 0.6 is 0 Å². The van der Waals surface area contributed by atoms with Crippen molar-refractivity contribution >= 4 is 0 Å². The molecule has 0 radical (unpaired) electrons. The summed E-state index contributed by atoms with van der Waals surface area (Å²) in [6, 6.07) is 0. The van der Waals surface area contributed by atoms with Crippen molar-refractivity contribution < 1.29 is 4.74 Å². The second-order valence-corrected chi connectivity index (χ2v) is 10.5. The van der Waals surface area contributed by atoms with E-state index in [0.717, 1.165) is 11.8 Å². The van der Waals surface area contributed by atoms with Crippen LogP contribution in [0.25, 0.3) is 0 Å². The number of rotatable bonds is 19. The molecule has 1 aliphatic rings. The SMILES string of the molecule is CCCCCCC(CCCCC)CC[C@@H](C)OC1CCN(CC(C)CCCC)CC1. The van der Waals surface area contributed by atoms with Gasteiger partial charge in [0.1, 0.15) is 0 Å². The maximum absolute atomic E-state index is 6.50. The van der Waals surface area contributed by atoms with Crippen LogP contribution < -0.4 is 0 Å². The number of hydrogen-bond acceptors (Lipinski definition) is 2. The van der Waals surface area contributed by atoms with Crippen LogP contribution in [0.15, 0.2) is 0 Å². The van der Waals surface area contributed by atoms with Crippen LogP contribution in [0.4, 0.5) is 0 Å². The highest BCUT2D eigenvalue weighted by molar-refractivity contribution is 4.75. The van der Waals surface area contributed by atoms with Crippen molar-refractivity contribution in [3.05, 3.63) is 0 Å². The van der Waals surface area contributed by atoms with Crippen LogP contribution in [0.1, 0.15) is 137 Å². The summed E-state index contributed by atoms with van der Waals surface area (Å²) in [5.41, 5.74) is 0. The lowest BCUT2D eigenvalue weighted by atomic mass is 9.90. The molecule has 0 N–H and O–H groups in total. The van der Waals surface area contributed by atoms with Crippen LogP contribution in [-0.4, -0.2) is 36.7 Å². The van der Waals surface area contributed by atoms with E-state index < -0.39 is 0 Å². The van der Waals surface area contributed by atoms with Gasteiger partial charge < -0.3 is 9.64 Å². The Morgan fingerprint density at radius 3 is 1.93 bits per heavy atom. The first-order valence-electron chi connectivity index (χ1n) is 14.0. The lowest BCUT2D eigenvalue weighted by Gasteiger charge is -2.35. The van der Waals surface area contributed by atoms with Crippen molar-refractivity contribution in [2.24, 2.45) is 11.8 Å². The molecule has 1 rings (SSSR count). The van der Waals surface area contributed by atoms with E-state index in [1.165, 1.54) is 122 Å². The van der Waals surface area contributed by atoms with Gasteiger partial charge >= 0.3 is 0 Å². The quantitative estimate of drug-likeness (QED) is 0.193. The lowest BCUT2D eigenvalue weighted by molar-refractivity contribution is -0.0411. The molecule has 3 atom stereocenters. The van der Waals surface area contributed by atoms with E-state index in [0.29, 0.717) is 12.2 Å². The Bertz CT molecular complexity index is 364. The molecule has 0 spiro atoms. The van der Waals surface area contributed by atoms with Gasteiger partial charge in [0.2, 0.25) is 0 Å². The van der Waals surface area contributed by atoms with Crippen molar-refractivity contribution in [1.82, 2.24) is 4.90 Å². The van der Waals surface area contributed by atoms with E-state index >= 15 is 0 Å². The molecule has 2 unspecified atom stereocenters. The molecular formula is C28H57NO. The Kier molecular flexibility index (Phi) is 17.2. The third kappa shape index (κ3) is 14.1. The monoisotopic (exact) mass is 423 g/mol. The molecule has 2 nitrogen and oxygen atoms in total. The van der Waals surface area contributed by atoms with Gasteiger partial charge in [0.25, 0.3) is 0 Å². The summed E-state index contributed by atoms with van der Waals surface area (Å²) in [4.78, 5) is 2.69. The van der Waals surface area contributed by atoms with Gasteiger partial charge in [-0.05, 0) is 50.9 Å². The third-order valence-electron chi connectivity index (χ3n) is 7.24. The summed E-state index contributed by atoms with van der Waals surface area (Å²) in [5, 5.41) is 0. The number of likely N-dealkylation sites (tertiary alicyclic amines) is 1. The summed E-state index contributed by atoms with van der Waals surface area (Å²) in [5.74, 6) is 1.79. The molecule has 0 aromatic rings. The highest BCUT2D eigenvalue weighted by atomic mass is 16.5. The largest absolute Gasteiger partial charge is 0.375 e. The van der Waals surface area contributed by atoms with Crippen LogP contribution in [0.5, 0.6) is 0 Å². The van der Waals surface area contributed by atoms with Gasteiger partial charge in [0.05, 0.1) is 12.2 Å². The number of piperidine rings is 1. The summed E-state index contributed by atoms with van der Waals surface area (Å²) < 4.78 is 6.50. The van der Waals surface area contributed by atoms with Gasteiger partial charge in [-0.25, -0.2) is 0 Å². The molecule has 0 aromatic carbocycles. The van der Waals surface area contributed by atoms with Gasteiger partial charge in [0, 0.05) is 19.6 Å². The Hall–Kier alpha value is -0.0800. The van der Waals surface area contributed by atoms with Crippen LogP contribution in [0.3, 0.4) is 0 Å². The fraction of sp³-hybridized carbons (Fsp3) is 1.00. The van der Waals surface area contributed by atoms with E-state index in [1.54, 1.807) is 0 Å². The maximum atomic E-state index is 6.50. The third-order valence-corrected chi connectivity index (χ3v) is 7.24. The number of nitrogens with zero attached hydrogens (tertiary/aromatic N) is 1. The predicted molar refractivity (Wildman–Crippen MR) is 134 cm³/mol. The number of unbranched alkanes of at least 4 members (excludes halogenated alkanes) is 6. The van der Waals surface area contributed by atoms with Crippen LogP contribution in [0, 0.1) is 11.8 Å². The zero-order valence-electron chi connectivity index (χ0n) is 21.6. The van der Waals surface area contributed by atoms with Crippen molar-refractivity contribution in [3.63, 3.8) is 0 Å². The van der Waals surface area contributed by atoms with E-state index in [-0.39, 0.29) is 0 Å². The van der Waals surface area contributed by atoms with Gasteiger partial charge in [-0.2, -0.15) is 0 Å². The summed E-state index contributed by atoms with van der Waals surface area (Å²) in [7, 11) is 0. The topological polar surface area (TPSA) is 12.5 Å². The molecule has 0 bridgehead atoms. The molecule has 1 saturated heterocycles. The minimum atomic E-state index is 0.439. The molecule has 1 aliphatic heterocycles. The van der Waals surface area contributed by atoms with Crippen LogP contribution in [-0.2, 0) is 4.74 Å². The Labute approximate surface area is 190 Å². The smallest absolute Gasteiger partial charge is 0.0603 e. The normalized spacial score (nSPS) is 19.1. The zero-order valence-corrected chi connectivity index (χ0v) is 21.6. The first kappa shape index (κ1) is 28.0. The summed E-state index contributed by atoms with van der Waals surface area (Å²) in [6.07, 6.45) is 22.9. The van der Waals surface area contributed by atoms with E-state index in [2.05, 4.69) is 39.5 Å². The Morgan fingerprint density at radius 2 is 1.30 bits per heavy atom. The van der Waals surface area contributed by atoms with E-state index in [1.807, 2.05) is 0 Å². The maximum Gasteiger partial charge on any atom is 0.0603 e. The molecule has 0 aliphatic carbocycles. The highest BCUT2D eigenvalue weighted by Crippen LogP contribution is 2.25. The fourth-order valence-corrected chi connectivity index (χ4v) is 5.16. The minimum Gasteiger partial charge on any atom is -0.375 e. The van der Waals surface area contributed by atoms with Crippen molar-refractivity contribution in [1.29, 1.82) is 0 Å². The predicted octanol–water partition coefficient (Wildman–Crippen LogP) is 8.63. The molecule has 0 aromatic heterocycles. The van der Waals surface area contributed by atoms with Gasteiger partial charge in [-0.3, -0.25) is 0 Å². The molecule has 0 saturated carbocycles. The Morgan fingerprint density at radius 1 is 0.700 bits per heavy atom. The van der Waals surface area contributed by atoms with E-state index in [9.17, 15) is 0 Å². The first-order valence-corrected chi connectivity index (χ1v) is 14.0. The van der Waals surface area contributed by atoms with Gasteiger partial charge in [0.15, 0.2) is 0 Å². The molecular weight excluding hydrogens is 366 g/mol. The molecule has 180 valence electrons. The second kappa shape index (κ2) is 18.5. The standard InChI is InChI=1S/C28H57NO/c1-6-9-12-14-17-27(16-13-10-7-2)19-18-26(5)30-28-20-22-29(23-21-28)24-25(4)15-11-8-3/h25-28H,6-24H2,1-5H3/t25?,26-,27?/m1/s1. The minimum absolute atomic E-state index is 0.439. The first-order chi connectivity index (χ1) is 14.6. The Balaban J connectivity index is 2.23. The molecule has 1 fully saturated rings. The lowest BCUT2D eigenvalue weighted by Crippen LogP contribution is -2.40. The highest BCUT2D eigenvalue weighted by Gasteiger charge is 2.22. The number of hydrogen-bond donors (Lipinski definition) is 0. The fourth-order valence-electron chi connectivity index (χ4n) is 5.16. The zero-order chi connectivity index (χ0) is 22.0. The van der Waals surface area contributed by atoms with Crippen molar-refractivity contribution in [3.8, 4) is 0 Å². The van der Waals surface area contributed by atoms with Crippen molar-refractivity contribution in [2.75, 3.05) is 19.6 Å². The molecule has 30 heavy (non-hydrogen) atoms.